The van der Waals surface area contributed by atoms with E-state index in [1.54, 1.807) is 4.90 Å². The molecule has 7 heteroatoms. The SMILES string of the molecule is Cc1ccc(N2C(=O)C(=CNNC(=O)c3ccc(O)cc3O)c3ccccc32)cc1C. The summed E-state index contributed by atoms with van der Waals surface area (Å²) in [7, 11) is 0. The first-order valence-electron chi connectivity index (χ1n) is 9.66. The fourth-order valence-electron chi connectivity index (χ4n) is 3.46. The van der Waals surface area contributed by atoms with Crippen LogP contribution in [0, 0.1) is 13.8 Å². The van der Waals surface area contributed by atoms with Crippen molar-refractivity contribution in [1.29, 1.82) is 0 Å². The second kappa shape index (κ2) is 7.87. The summed E-state index contributed by atoms with van der Waals surface area (Å²) in [5.41, 5.74) is 9.94. The monoisotopic (exact) mass is 415 g/mol. The number of phenolic OH excluding ortho intramolecular Hbond substituents is 2. The molecule has 0 saturated heterocycles. The molecule has 0 spiro atoms. The molecule has 0 atom stereocenters. The summed E-state index contributed by atoms with van der Waals surface area (Å²) in [6.45, 7) is 4.01. The lowest BCUT2D eigenvalue weighted by atomic mass is 10.1. The number of carbonyl (C=O) groups excluding carboxylic acids is 2. The van der Waals surface area contributed by atoms with Crippen LogP contribution in [0.2, 0.25) is 0 Å². The highest BCUT2D eigenvalue weighted by Crippen LogP contribution is 2.41. The molecule has 1 heterocycles. The Morgan fingerprint density at radius 3 is 2.48 bits per heavy atom. The van der Waals surface area contributed by atoms with Crippen molar-refractivity contribution >= 4 is 28.8 Å². The quantitative estimate of drug-likeness (QED) is 0.385. The average Bonchev–Trinajstić information content (AvgIpc) is 3.01. The molecule has 0 fully saturated rings. The molecular formula is C24H21N3O4. The van der Waals surface area contributed by atoms with E-state index in [9.17, 15) is 19.8 Å². The molecule has 0 bridgehead atoms. The maximum absolute atomic E-state index is 13.2. The van der Waals surface area contributed by atoms with E-state index < -0.39 is 5.91 Å². The van der Waals surface area contributed by atoms with Crippen LogP contribution in [0.4, 0.5) is 11.4 Å². The Hall–Kier alpha value is -4.26. The van der Waals surface area contributed by atoms with Gasteiger partial charge in [-0.2, -0.15) is 0 Å². The van der Waals surface area contributed by atoms with Gasteiger partial charge in [0.15, 0.2) is 0 Å². The van der Waals surface area contributed by atoms with Gasteiger partial charge in [-0.1, -0.05) is 24.3 Å². The molecular weight excluding hydrogens is 394 g/mol. The van der Waals surface area contributed by atoms with E-state index in [4.69, 9.17) is 0 Å². The Morgan fingerprint density at radius 1 is 0.968 bits per heavy atom. The summed E-state index contributed by atoms with van der Waals surface area (Å²) < 4.78 is 0. The van der Waals surface area contributed by atoms with Crippen LogP contribution in [0.1, 0.15) is 27.0 Å². The predicted octanol–water partition coefficient (Wildman–Crippen LogP) is 3.67. The minimum Gasteiger partial charge on any atom is -0.508 e. The fourth-order valence-corrected chi connectivity index (χ4v) is 3.46. The minimum absolute atomic E-state index is 0.0152. The van der Waals surface area contributed by atoms with E-state index in [1.165, 1.54) is 18.3 Å². The predicted molar refractivity (Wildman–Crippen MR) is 118 cm³/mol. The van der Waals surface area contributed by atoms with Crippen molar-refractivity contribution in [3.05, 3.63) is 89.1 Å². The van der Waals surface area contributed by atoms with Crippen LogP contribution in [0.25, 0.3) is 5.57 Å². The molecule has 1 aliphatic rings. The standard InChI is InChI=1S/C24H21N3O4/c1-14-7-8-16(11-15(14)2)27-21-6-4-3-5-18(21)20(24(27)31)13-25-26-23(30)19-10-9-17(28)12-22(19)29/h3-13,25,28-29H,1-2H3,(H,26,30). The summed E-state index contributed by atoms with van der Waals surface area (Å²) in [5.74, 6) is -1.34. The molecule has 4 N–H and O–H groups in total. The van der Waals surface area contributed by atoms with E-state index in [-0.39, 0.29) is 23.0 Å². The summed E-state index contributed by atoms with van der Waals surface area (Å²) in [5, 5.41) is 19.2. The number of carbonyl (C=O) groups is 2. The number of aromatic hydroxyl groups is 2. The molecule has 0 radical (unpaired) electrons. The molecule has 2 amide bonds. The molecule has 31 heavy (non-hydrogen) atoms. The number of hydrogen-bond donors (Lipinski definition) is 4. The third-order valence-electron chi connectivity index (χ3n) is 5.25. The van der Waals surface area contributed by atoms with Gasteiger partial charge in [0.05, 0.1) is 16.8 Å². The number of fused-ring (bicyclic) bond motifs is 1. The summed E-state index contributed by atoms with van der Waals surface area (Å²) in [6, 6.07) is 16.9. The van der Waals surface area contributed by atoms with Crippen LogP contribution >= 0.6 is 0 Å². The van der Waals surface area contributed by atoms with Crippen molar-refractivity contribution in [1.82, 2.24) is 10.9 Å². The molecule has 7 nitrogen and oxygen atoms in total. The first kappa shape index (κ1) is 20.0. The van der Waals surface area contributed by atoms with E-state index in [0.717, 1.165) is 34.1 Å². The Balaban J connectivity index is 1.60. The zero-order valence-corrected chi connectivity index (χ0v) is 17.0. The van der Waals surface area contributed by atoms with Crippen LogP contribution in [-0.4, -0.2) is 22.0 Å². The van der Waals surface area contributed by atoms with Crippen LogP contribution in [0.3, 0.4) is 0 Å². The van der Waals surface area contributed by atoms with Gasteiger partial charge < -0.3 is 15.6 Å². The summed E-state index contributed by atoms with van der Waals surface area (Å²) >= 11 is 0. The highest BCUT2D eigenvalue weighted by molar-refractivity contribution is 6.34. The van der Waals surface area contributed by atoms with Crippen LogP contribution < -0.4 is 15.8 Å². The zero-order chi connectivity index (χ0) is 22.1. The highest BCUT2D eigenvalue weighted by atomic mass is 16.3. The number of amides is 2. The molecule has 156 valence electrons. The van der Waals surface area contributed by atoms with E-state index in [0.29, 0.717) is 5.57 Å². The molecule has 3 aromatic carbocycles. The number of nitrogens with zero attached hydrogens (tertiary/aromatic N) is 1. The van der Waals surface area contributed by atoms with Gasteiger partial charge in [0, 0.05) is 23.5 Å². The van der Waals surface area contributed by atoms with Crippen LogP contribution in [0.5, 0.6) is 11.5 Å². The molecule has 4 rings (SSSR count). The van der Waals surface area contributed by atoms with Crippen LogP contribution in [-0.2, 0) is 4.79 Å². The number of hydrogen-bond acceptors (Lipinski definition) is 5. The first-order valence-corrected chi connectivity index (χ1v) is 9.66. The molecule has 0 aliphatic carbocycles. The van der Waals surface area contributed by atoms with Gasteiger partial charge in [0.2, 0.25) is 0 Å². The Kier molecular flexibility index (Phi) is 5.09. The average molecular weight is 415 g/mol. The lowest BCUT2D eigenvalue weighted by Gasteiger charge is -2.18. The highest BCUT2D eigenvalue weighted by Gasteiger charge is 2.33. The Bertz CT molecular complexity index is 1230. The number of benzene rings is 3. The van der Waals surface area contributed by atoms with Gasteiger partial charge in [-0.05, 0) is 55.3 Å². The maximum atomic E-state index is 13.2. The van der Waals surface area contributed by atoms with Crippen molar-refractivity contribution in [2.24, 2.45) is 0 Å². The lowest BCUT2D eigenvalue weighted by Crippen LogP contribution is -2.34. The lowest BCUT2D eigenvalue weighted by molar-refractivity contribution is -0.112. The van der Waals surface area contributed by atoms with Crippen molar-refractivity contribution < 1.29 is 19.8 Å². The molecule has 0 aromatic heterocycles. The van der Waals surface area contributed by atoms with Crippen molar-refractivity contribution in [3.63, 3.8) is 0 Å². The maximum Gasteiger partial charge on any atom is 0.273 e. The largest absolute Gasteiger partial charge is 0.508 e. The van der Waals surface area contributed by atoms with Gasteiger partial charge in [0.25, 0.3) is 11.8 Å². The van der Waals surface area contributed by atoms with E-state index >= 15 is 0 Å². The van der Waals surface area contributed by atoms with E-state index in [2.05, 4.69) is 10.9 Å². The van der Waals surface area contributed by atoms with Gasteiger partial charge in [-0.15, -0.1) is 0 Å². The minimum atomic E-state index is -0.612. The van der Waals surface area contributed by atoms with Crippen molar-refractivity contribution in [3.8, 4) is 11.5 Å². The topological polar surface area (TPSA) is 102 Å². The zero-order valence-electron chi connectivity index (χ0n) is 17.0. The smallest absolute Gasteiger partial charge is 0.273 e. The van der Waals surface area contributed by atoms with Crippen LogP contribution in [0.15, 0.2) is 66.9 Å². The molecule has 0 saturated carbocycles. The number of aryl methyl sites for hydroxylation is 2. The Labute approximate surface area is 179 Å². The third kappa shape index (κ3) is 3.69. The second-order valence-electron chi connectivity index (χ2n) is 7.28. The third-order valence-corrected chi connectivity index (χ3v) is 5.25. The van der Waals surface area contributed by atoms with Crippen molar-refractivity contribution in [2.75, 3.05) is 4.90 Å². The van der Waals surface area contributed by atoms with Crippen molar-refractivity contribution in [2.45, 2.75) is 13.8 Å². The number of para-hydroxylation sites is 1. The molecule has 0 unspecified atom stereocenters. The van der Waals surface area contributed by atoms with Gasteiger partial charge >= 0.3 is 0 Å². The molecule has 3 aromatic rings. The fraction of sp³-hybridized carbons (Fsp3) is 0.0833. The normalized spacial score (nSPS) is 13.9. The number of anilines is 2. The van der Waals surface area contributed by atoms with Gasteiger partial charge in [-0.3, -0.25) is 19.9 Å². The number of phenols is 2. The van der Waals surface area contributed by atoms with Gasteiger partial charge in [0.1, 0.15) is 11.5 Å². The number of rotatable bonds is 4. The van der Waals surface area contributed by atoms with Gasteiger partial charge in [-0.25, -0.2) is 0 Å². The summed E-state index contributed by atoms with van der Waals surface area (Å²) in [6.07, 6.45) is 1.43. The second-order valence-corrected chi connectivity index (χ2v) is 7.28. The first-order chi connectivity index (χ1) is 14.9. The van der Waals surface area contributed by atoms with E-state index in [1.807, 2.05) is 56.3 Å². The summed E-state index contributed by atoms with van der Waals surface area (Å²) in [4.78, 5) is 27.2. The number of nitrogens with one attached hydrogen (secondary N) is 2. The number of hydrazine groups is 1. The molecule has 1 aliphatic heterocycles. The Morgan fingerprint density at radius 2 is 1.74 bits per heavy atom.